The Bertz CT molecular complexity index is 472. The zero-order valence-corrected chi connectivity index (χ0v) is 7.71. The maximum absolute atomic E-state index is 11.8. The van der Waals surface area contributed by atoms with Gasteiger partial charge >= 0.3 is 6.61 Å². The molecule has 0 bridgehead atoms. The number of ether oxygens (including phenoxy) is 1. The van der Waals surface area contributed by atoms with E-state index in [0.29, 0.717) is 5.69 Å². The molecule has 0 aliphatic carbocycles. The topological polar surface area (TPSA) is 75.1 Å². The fraction of sp³-hybridized carbons (Fsp3) is 0.125. The number of benzene rings is 1. The van der Waals surface area contributed by atoms with Crippen LogP contribution in [0, 0.1) is 0 Å². The molecule has 0 N–H and O–H groups in total. The summed E-state index contributed by atoms with van der Waals surface area (Å²) < 4.78 is 32.0. The number of nitrogens with zero attached hydrogens (tertiary/aromatic N) is 3. The number of hydrogen-bond acceptors (Lipinski definition) is 5. The average Bonchev–Trinajstić information content (AvgIpc) is 2.65. The Morgan fingerprint density at radius 3 is 2.50 bits per heavy atom. The maximum Gasteiger partial charge on any atom is 0.387 e. The van der Waals surface area contributed by atoms with Crippen molar-refractivity contribution in [2.24, 2.45) is 0 Å². The fourth-order valence-corrected chi connectivity index (χ4v) is 1.05. The first-order valence-electron chi connectivity index (χ1n) is 4.14. The van der Waals surface area contributed by atoms with E-state index in [4.69, 9.17) is 0 Å². The average molecular weight is 229 g/mol. The molecule has 2 rings (SSSR count). The molecule has 0 spiro atoms. The van der Waals surface area contributed by atoms with Crippen LogP contribution in [0.25, 0.3) is 5.69 Å². The van der Waals surface area contributed by atoms with Crippen LogP contribution >= 0.6 is 0 Å². The van der Waals surface area contributed by atoms with Gasteiger partial charge < -0.3 is 14.4 Å². The molecule has 0 aliphatic heterocycles. The van der Waals surface area contributed by atoms with Crippen LogP contribution in [0.2, 0.25) is 0 Å². The van der Waals surface area contributed by atoms with Crippen LogP contribution in [0.15, 0.2) is 28.8 Å². The third-order valence-electron chi connectivity index (χ3n) is 1.67. The van der Waals surface area contributed by atoms with Gasteiger partial charge in [0, 0.05) is 12.1 Å². The number of alkyl halides is 2. The van der Waals surface area contributed by atoms with E-state index < -0.39 is 12.7 Å². The van der Waals surface area contributed by atoms with Crippen LogP contribution in [-0.2, 0) is 0 Å². The molecule has 0 aliphatic rings. The minimum Gasteiger partial charge on any atom is -0.523 e. The van der Waals surface area contributed by atoms with E-state index >= 15 is 0 Å². The molecule has 8 heteroatoms. The van der Waals surface area contributed by atoms with Crippen LogP contribution < -0.4 is 14.6 Å². The van der Waals surface area contributed by atoms with E-state index in [2.05, 4.69) is 19.6 Å². The Morgan fingerprint density at radius 1 is 1.31 bits per heavy atom. The van der Waals surface area contributed by atoms with Gasteiger partial charge in [0.05, 0.1) is 9.90 Å². The standard InChI is InChI=1S/C8H5F2N3O3/c9-7(10)15-6-3-1-5(2-4-6)13-11-8(14)16-12-13/h1-4,7H. The molecule has 1 aromatic carbocycles. The van der Waals surface area contributed by atoms with Crippen molar-refractivity contribution >= 4 is 0 Å². The quantitative estimate of drug-likeness (QED) is 0.693. The molecule has 6 nitrogen and oxygen atoms in total. The fourth-order valence-electron chi connectivity index (χ4n) is 1.05. The Hall–Kier alpha value is -2.25. The summed E-state index contributed by atoms with van der Waals surface area (Å²) in [6.07, 6.45) is -0.840. The van der Waals surface area contributed by atoms with Gasteiger partial charge in [-0.2, -0.15) is 8.78 Å². The highest BCUT2D eigenvalue weighted by atomic mass is 19.3. The number of hydrogen-bond donors (Lipinski definition) is 0. The number of rotatable bonds is 3. The number of aromatic nitrogens is 3. The molecular weight excluding hydrogens is 224 g/mol. The van der Waals surface area contributed by atoms with E-state index in [-0.39, 0.29) is 5.75 Å². The zero-order valence-electron chi connectivity index (χ0n) is 7.71. The van der Waals surface area contributed by atoms with Crippen molar-refractivity contribution in [1.82, 2.24) is 10.4 Å². The molecular formula is C8H5F2N3O3. The lowest BCUT2D eigenvalue weighted by Gasteiger charge is -2.01. The van der Waals surface area contributed by atoms with E-state index in [1.807, 2.05) is 0 Å². The summed E-state index contributed by atoms with van der Waals surface area (Å²) >= 11 is 0. The molecule has 84 valence electrons. The summed E-state index contributed by atoms with van der Waals surface area (Å²) in [7, 11) is 0. The van der Waals surface area contributed by atoms with Gasteiger partial charge in [-0.15, -0.1) is 0 Å². The van der Waals surface area contributed by atoms with Crippen LogP contribution in [0.4, 0.5) is 8.78 Å². The second-order valence-electron chi connectivity index (χ2n) is 2.70. The maximum atomic E-state index is 11.8. The highest BCUT2D eigenvalue weighted by molar-refractivity contribution is 5.30. The third-order valence-corrected chi connectivity index (χ3v) is 1.67. The Kier molecular flexibility index (Phi) is 2.63. The first-order valence-corrected chi connectivity index (χ1v) is 4.14. The number of halogens is 2. The van der Waals surface area contributed by atoms with Crippen molar-refractivity contribution in [3.8, 4) is 17.5 Å². The molecule has 2 aromatic rings. The second-order valence-corrected chi connectivity index (χ2v) is 2.70. The van der Waals surface area contributed by atoms with Crippen LogP contribution in [0.1, 0.15) is 0 Å². The van der Waals surface area contributed by atoms with E-state index in [9.17, 15) is 13.9 Å². The van der Waals surface area contributed by atoms with Gasteiger partial charge in [-0.25, -0.2) is 0 Å². The summed E-state index contributed by atoms with van der Waals surface area (Å²) in [6, 6.07) is 5.42. The Balaban J connectivity index is 2.19. The lowest BCUT2D eigenvalue weighted by molar-refractivity contribution is -0.726. The highest BCUT2D eigenvalue weighted by Crippen LogP contribution is 2.14. The van der Waals surface area contributed by atoms with Crippen molar-refractivity contribution in [3.05, 3.63) is 24.3 Å². The summed E-state index contributed by atoms with van der Waals surface area (Å²) in [5.74, 6) is 0.00481. The smallest absolute Gasteiger partial charge is 0.387 e. The van der Waals surface area contributed by atoms with Crippen LogP contribution in [-0.4, -0.2) is 17.0 Å². The minimum absolute atomic E-state index is 0.00481. The van der Waals surface area contributed by atoms with Crippen LogP contribution in [0.3, 0.4) is 0 Å². The van der Waals surface area contributed by atoms with Crippen LogP contribution in [0.5, 0.6) is 11.8 Å². The zero-order chi connectivity index (χ0) is 11.5. The van der Waals surface area contributed by atoms with Crippen molar-refractivity contribution < 1.29 is 27.9 Å². The van der Waals surface area contributed by atoms with E-state index in [1.54, 1.807) is 0 Å². The normalized spacial score (nSPS) is 10.7. The van der Waals surface area contributed by atoms with Gasteiger partial charge in [0.1, 0.15) is 11.0 Å². The van der Waals surface area contributed by atoms with Crippen molar-refractivity contribution in [2.75, 3.05) is 0 Å². The molecule has 0 fully saturated rings. The van der Waals surface area contributed by atoms with Crippen molar-refractivity contribution in [2.45, 2.75) is 6.61 Å². The predicted molar refractivity (Wildman–Crippen MR) is 41.9 cm³/mol. The Labute approximate surface area is 87.6 Å². The lowest BCUT2D eigenvalue weighted by Crippen LogP contribution is -2.35. The molecule has 0 amide bonds. The van der Waals surface area contributed by atoms with Gasteiger partial charge in [-0.3, -0.25) is 0 Å². The summed E-state index contributed by atoms with van der Waals surface area (Å²) in [4.78, 5) is 0.939. The monoisotopic (exact) mass is 229 g/mol. The summed E-state index contributed by atoms with van der Waals surface area (Å²) in [6.45, 7) is -2.88. The molecule has 0 radical (unpaired) electrons. The molecule has 16 heavy (non-hydrogen) atoms. The largest absolute Gasteiger partial charge is 0.523 e. The molecule has 0 unspecified atom stereocenters. The molecule has 1 aromatic heterocycles. The SMILES string of the molecule is [O-]c1n[n+](-c2ccc(OC(F)F)cc2)no1. The van der Waals surface area contributed by atoms with Gasteiger partial charge in [0.2, 0.25) is 6.08 Å². The predicted octanol–water partition coefficient (Wildman–Crippen LogP) is 0.0213. The first-order chi connectivity index (χ1) is 7.65. The van der Waals surface area contributed by atoms with Crippen molar-refractivity contribution in [1.29, 1.82) is 0 Å². The minimum atomic E-state index is -2.88. The van der Waals surface area contributed by atoms with E-state index in [1.165, 1.54) is 24.3 Å². The third kappa shape index (κ3) is 2.22. The highest BCUT2D eigenvalue weighted by Gasteiger charge is 2.12. The first kappa shape index (κ1) is 10.3. The van der Waals surface area contributed by atoms with Gasteiger partial charge in [-0.1, -0.05) is 0 Å². The molecule has 0 saturated carbocycles. The van der Waals surface area contributed by atoms with Crippen molar-refractivity contribution in [3.63, 3.8) is 0 Å². The van der Waals surface area contributed by atoms with Gasteiger partial charge in [0.15, 0.2) is 0 Å². The van der Waals surface area contributed by atoms with Gasteiger partial charge in [0.25, 0.3) is 5.69 Å². The molecule has 0 atom stereocenters. The summed E-state index contributed by atoms with van der Waals surface area (Å²) in [5, 5.41) is 17.3. The Morgan fingerprint density at radius 2 is 2.00 bits per heavy atom. The molecule has 0 saturated heterocycles. The lowest BCUT2D eigenvalue weighted by atomic mass is 10.3. The second kappa shape index (κ2) is 4.09. The van der Waals surface area contributed by atoms with Gasteiger partial charge in [-0.05, 0) is 12.1 Å². The molecule has 1 heterocycles. The summed E-state index contributed by atoms with van der Waals surface area (Å²) in [5.41, 5.74) is 0.396. The van der Waals surface area contributed by atoms with E-state index in [0.717, 1.165) is 4.80 Å².